The number of hydrogen-bond acceptors (Lipinski definition) is 7. The van der Waals surface area contributed by atoms with E-state index in [1.165, 1.54) is 6.26 Å². The summed E-state index contributed by atoms with van der Waals surface area (Å²) < 4.78 is 29.1. The summed E-state index contributed by atoms with van der Waals surface area (Å²) >= 11 is 0. The average molecular weight is 504 g/mol. The number of ether oxygens (including phenoxy) is 3. The van der Waals surface area contributed by atoms with Crippen LogP contribution in [0.3, 0.4) is 0 Å². The molecule has 0 amide bonds. The number of carbonyl (C=O) groups excluding carboxylic acids is 1. The van der Waals surface area contributed by atoms with Crippen molar-refractivity contribution in [2.75, 3.05) is 20.8 Å². The molecule has 8 heteroatoms. The topological polar surface area (TPSA) is 80.0 Å². The van der Waals surface area contributed by atoms with Crippen molar-refractivity contribution in [2.45, 2.75) is 77.0 Å². The molecule has 0 fully saturated rings. The lowest BCUT2D eigenvalue weighted by atomic mass is 9.98. The molecular weight excluding hydrogens is 462 g/mol. The van der Waals surface area contributed by atoms with E-state index in [0.717, 1.165) is 11.3 Å². The maximum Gasteiger partial charge on any atom is 0.200 e. The quantitative estimate of drug-likeness (QED) is 0.132. The molecule has 2 rings (SSSR count). The minimum atomic E-state index is -2.04. The van der Waals surface area contributed by atoms with Crippen LogP contribution in [0.1, 0.15) is 62.0 Å². The van der Waals surface area contributed by atoms with Crippen LogP contribution in [-0.4, -0.2) is 52.6 Å². The van der Waals surface area contributed by atoms with Gasteiger partial charge in [-0.2, -0.15) is 0 Å². The van der Waals surface area contributed by atoms with Crippen molar-refractivity contribution in [1.29, 1.82) is 0 Å². The Balaban J connectivity index is 2.07. The number of rotatable bonds is 14. The molecule has 0 aliphatic carbocycles. The lowest BCUT2D eigenvalue weighted by molar-refractivity contribution is 0.0413. The standard InChI is InChI=1S/C27H41NO6Si/c1-20(26-28-22(17-29)19-33-26)25(31-6)16-24(34-35(7,8)27(2,3)4)10-9-15-32-18-21-11-13-23(30-5)14-12-21/h9-14,17,19-20,24-25H,15-16,18H2,1-8H3/b10-9+/t20-,24+,25-/m1/s1. The summed E-state index contributed by atoms with van der Waals surface area (Å²) in [5.74, 6) is 1.17. The summed E-state index contributed by atoms with van der Waals surface area (Å²) in [5.41, 5.74) is 1.37. The van der Waals surface area contributed by atoms with Crippen LogP contribution in [-0.2, 0) is 20.5 Å². The number of methoxy groups -OCH3 is 2. The predicted octanol–water partition coefficient (Wildman–Crippen LogP) is 6.17. The molecule has 0 unspecified atom stereocenters. The molecule has 0 saturated heterocycles. The van der Waals surface area contributed by atoms with Gasteiger partial charge in [-0.1, -0.05) is 52.0 Å². The molecule has 1 aromatic heterocycles. The molecule has 1 heterocycles. The normalized spacial score (nSPS) is 15.2. The van der Waals surface area contributed by atoms with Crippen molar-refractivity contribution in [2.24, 2.45) is 0 Å². The number of carbonyl (C=O) groups is 1. The van der Waals surface area contributed by atoms with Crippen molar-refractivity contribution in [3.05, 3.63) is 59.8 Å². The lowest BCUT2D eigenvalue weighted by Gasteiger charge is -2.39. The van der Waals surface area contributed by atoms with Gasteiger partial charge in [0.15, 0.2) is 20.5 Å². The third kappa shape index (κ3) is 8.72. The molecule has 0 saturated carbocycles. The van der Waals surface area contributed by atoms with Crippen molar-refractivity contribution in [3.8, 4) is 5.75 Å². The fourth-order valence-corrected chi connectivity index (χ4v) is 4.64. The molecule has 2 aromatic rings. The summed E-state index contributed by atoms with van der Waals surface area (Å²) in [4.78, 5) is 15.3. The second-order valence-electron chi connectivity index (χ2n) is 10.2. The first-order chi connectivity index (χ1) is 16.5. The summed E-state index contributed by atoms with van der Waals surface area (Å²) in [6, 6.07) is 7.84. The van der Waals surface area contributed by atoms with E-state index in [9.17, 15) is 4.79 Å². The molecule has 7 nitrogen and oxygen atoms in total. The van der Waals surface area contributed by atoms with Crippen molar-refractivity contribution < 1.29 is 27.8 Å². The molecule has 0 spiro atoms. The summed E-state index contributed by atoms with van der Waals surface area (Å²) in [5, 5.41) is 0.0690. The number of nitrogens with zero attached hydrogens (tertiary/aromatic N) is 1. The number of benzene rings is 1. The first kappa shape index (κ1) is 29.0. The molecule has 1 aromatic carbocycles. The second kappa shape index (κ2) is 13.2. The number of aldehydes is 1. The van der Waals surface area contributed by atoms with Gasteiger partial charge in [0.2, 0.25) is 0 Å². The highest BCUT2D eigenvalue weighted by Crippen LogP contribution is 2.38. The molecule has 0 N–H and O–H groups in total. The van der Waals surface area contributed by atoms with E-state index in [-0.39, 0.29) is 28.9 Å². The second-order valence-corrected chi connectivity index (χ2v) is 15.0. The third-order valence-corrected chi connectivity index (χ3v) is 11.1. The van der Waals surface area contributed by atoms with Gasteiger partial charge < -0.3 is 23.1 Å². The van der Waals surface area contributed by atoms with Crippen LogP contribution in [0.25, 0.3) is 0 Å². The zero-order valence-electron chi connectivity index (χ0n) is 22.4. The van der Waals surface area contributed by atoms with Gasteiger partial charge in [-0.05, 0) is 35.8 Å². The fraction of sp³-hybridized carbons (Fsp3) is 0.556. The Hall–Kier alpha value is -2.26. The maximum absolute atomic E-state index is 11.0. The van der Waals surface area contributed by atoms with Gasteiger partial charge in [0.25, 0.3) is 0 Å². The smallest absolute Gasteiger partial charge is 0.200 e. The zero-order valence-corrected chi connectivity index (χ0v) is 23.4. The van der Waals surface area contributed by atoms with Crippen LogP contribution >= 0.6 is 0 Å². The zero-order chi connectivity index (χ0) is 26.1. The van der Waals surface area contributed by atoms with Crippen LogP contribution in [0.15, 0.2) is 47.1 Å². The van der Waals surface area contributed by atoms with Crippen LogP contribution in [0.2, 0.25) is 18.1 Å². The van der Waals surface area contributed by atoms with Gasteiger partial charge in [-0.3, -0.25) is 4.79 Å². The van der Waals surface area contributed by atoms with Gasteiger partial charge in [0.1, 0.15) is 17.7 Å². The average Bonchev–Trinajstić information content (AvgIpc) is 3.30. The predicted molar refractivity (Wildman–Crippen MR) is 140 cm³/mol. The Bertz CT molecular complexity index is 932. The molecule has 35 heavy (non-hydrogen) atoms. The lowest BCUT2D eigenvalue weighted by Crippen LogP contribution is -2.44. The first-order valence-electron chi connectivity index (χ1n) is 12.0. The summed E-state index contributed by atoms with van der Waals surface area (Å²) in [7, 11) is 1.29. The largest absolute Gasteiger partial charge is 0.497 e. The van der Waals surface area contributed by atoms with Gasteiger partial charge in [-0.15, -0.1) is 0 Å². The maximum atomic E-state index is 11.0. The van der Waals surface area contributed by atoms with E-state index in [1.807, 2.05) is 37.3 Å². The van der Waals surface area contributed by atoms with Crippen LogP contribution in [0.5, 0.6) is 5.75 Å². The minimum Gasteiger partial charge on any atom is -0.497 e. The SMILES string of the molecule is COc1ccc(COC/C=C/[C@@H](C[C@@H](OC)[C@@H](C)c2nc(C=O)co2)O[Si](C)(C)C(C)(C)C)cc1. The highest BCUT2D eigenvalue weighted by Gasteiger charge is 2.39. The first-order valence-corrected chi connectivity index (χ1v) is 14.9. The minimum absolute atomic E-state index is 0.0690. The molecule has 0 bridgehead atoms. The highest BCUT2D eigenvalue weighted by atomic mass is 28.4. The van der Waals surface area contributed by atoms with Gasteiger partial charge in [0.05, 0.1) is 38.4 Å². The Morgan fingerprint density at radius 3 is 2.37 bits per heavy atom. The molecule has 0 radical (unpaired) electrons. The Kier molecular flexibility index (Phi) is 10.9. The van der Waals surface area contributed by atoms with Gasteiger partial charge in [-0.25, -0.2) is 4.98 Å². The Labute approximate surface area is 211 Å². The van der Waals surface area contributed by atoms with Crippen LogP contribution in [0, 0.1) is 0 Å². The van der Waals surface area contributed by atoms with Crippen molar-refractivity contribution >= 4 is 14.6 Å². The van der Waals surface area contributed by atoms with E-state index in [2.05, 4.69) is 44.9 Å². The van der Waals surface area contributed by atoms with E-state index < -0.39 is 8.32 Å². The fourth-order valence-electron chi connectivity index (χ4n) is 3.35. The molecule has 0 aliphatic rings. The number of hydrogen-bond donors (Lipinski definition) is 0. The molecule has 3 atom stereocenters. The van der Waals surface area contributed by atoms with E-state index in [0.29, 0.717) is 31.8 Å². The molecular formula is C27H41NO6Si. The van der Waals surface area contributed by atoms with Crippen LogP contribution < -0.4 is 4.74 Å². The number of oxazole rings is 1. The van der Waals surface area contributed by atoms with Gasteiger partial charge in [0, 0.05) is 13.5 Å². The van der Waals surface area contributed by atoms with Crippen molar-refractivity contribution in [1.82, 2.24) is 4.98 Å². The molecule has 0 aliphatic heterocycles. The van der Waals surface area contributed by atoms with Crippen LogP contribution in [0.4, 0.5) is 0 Å². The highest BCUT2D eigenvalue weighted by molar-refractivity contribution is 6.74. The van der Waals surface area contributed by atoms with Crippen molar-refractivity contribution in [3.63, 3.8) is 0 Å². The molecule has 194 valence electrons. The van der Waals surface area contributed by atoms with Gasteiger partial charge >= 0.3 is 0 Å². The number of aromatic nitrogens is 1. The third-order valence-electron chi connectivity index (χ3n) is 6.62. The Morgan fingerprint density at radius 2 is 1.83 bits per heavy atom. The summed E-state index contributed by atoms with van der Waals surface area (Å²) in [6.07, 6.45) is 6.39. The Morgan fingerprint density at radius 1 is 1.14 bits per heavy atom. The summed E-state index contributed by atoms with van der Waals surface area (Å²) in [6.45, 7) is 14.1. The monoisotopic (exact) mass is 503 g/mol. The van der Waals surface area contributed by atoms with E-state index in [1.54, 1.807) is 14.2 Å². The van der Waals surface area contributed by atoms with E-state index in [4.69, 9.17) is 23.1 Å². The van der Waals surface area contributed by atoms with E-state index >= 15 is 0 Å².